The zero-order valence-electron chi connectivity index (χ0n) is 7.53. The Morgan fingerprint density at radius 2 is 2.08 bits per heavy atom. The maximum atomic E-state index is 5.50. The minimum atomic E-state index is 0.0752. The van der Waals surface area contributed by atoms with E-state index < -0.39 is 0 Å². The molecule has 0 aliphatic heterocycles. The van der Waals surface area contributed by atoms with Gasteiger partial charge in [-0.1, -0.05) is 0 Å². The van der Waals surface area contributed by atoms with Crippen LogP contribution in [0.1, 0.15) is 19.5 Å². The molecule has 0 atom stereocenters. The summed E-state index contributed by atoms with van der Waals surface area (Å²) in [5, 5.41) is 0. The van der Waals surface area contributed by atoms with Crippen LogP contribution in [0, 0.1) is 6.92 Å². The molecule has 0 aliphatic carbocycles. The van der Waals surface area contributed by atoms with Crippen molar-refractivity contribution in [3.63, 3.8) is 0 Å². The molecule has 1 rings (SSSR count). The van der Waals surface area contributed by atoms with E-state index in [2.05, 4.69) is 9.97 Å². The molecule has 0 saturated carbocycles. The molecule has 0 saturated heterocycles. The Balaban J connectivity index is 2.85. The van der Waals surface area contributed by atoms with Crippen molar-refractivity contribution >= 4 is 5.82 Å². The van der Waals surface area contributed by atoms with Gasteiger partial charge in [-0.15, -0.1) is 0 Å². The van der Waals surface area contributed by atoms with Crippen LogP contribution in [-0.4, -0.2) is 16.1 Å². The number of anilines is 1. The van der Waals surface area contributed by atoms with Crippen LogP contribution in [0.25, 0.3) is 0 Å². The summed E-state index contributed by atoms with van der Waals surface area (Å²) in [5.74, 6) is 0.443. The van der Waals surface area contributed by atoms with Gasteiger partial charge in [0.15, 0.2) is 0 Å². The Morgan fingerprint density at radius 1 is 1.42 bits per heavy atom. The number of hydrogen-bond donors (Lipinski definition) is 1. The van der Waals surface area contributed by atoms with Crippen molar-refractivity contribution in [3.8, 4) is 6.01 Å². The molecule has 4 nitrogen and oxygen atoms in total. The van der Waals surface area contributed by atoms with Crippen LogP contribution in [0.3, 0.4) is 0 Å². The van der Waals surface area contributed by atoms with Gasteiger partial charge in [0.1, 0.15) is 5.82 Å². The SMILES string of the molecule is Cc1cc(N)nc(OC(C)C)n1. The van der Waals surface area contributed by atoms with Crippen molar-refractivity contribution in [1.82, 2.24) is 9.97 Å². The molecule has 0 spiro atoms. The number of aryl methyl sites for hydroxylation is 1. The van der Waals surface area contributed by atoms with Crippen LogP contribution in [0.5, 0.6) is 6.01 Å². The zero-order chi connectivity index (χ0) is 9.14. The fourth-order valence-electron chi connectivity index (χ4n) is 0.828. The van der Waals surface area contributed by atoms with E-state index in [9.17, 15) is 0 Å². The van der Waals surface area contributed by atoms with Crippen LogP contribution >= 0.6 is 0 Å². The Morgan fingerprint density at radius 3 is 2.58 bits per heavy atom. The highest BCUT2D eigenvalue weighted by molar-refractivity contribution is 5.30. The third kappa shape index (κ3) is 2.38. The maximum Gasteiger partial charge on any atom is 0.318 e. The number of nitrogens with zero attached hydrogens (tertiary/aromatic N) is 2. The lowest BCUT2D eigenvalue weighted by molar-refractivity contribution is 0.222. The maximum absolute atomic E-state index is 5.50. The van der Waals surface area contributed by atoms with Crippen molar-refractivity contribution in [3.05, 3.63) is 11.8 Å². The van der Waals surface area contributed by atoms with Gasteiger partial charge in [-0.25, -0.2) is 4.98 Å². The predicted molar refractivity (Wildman–Crippen MR) is 46.9 cm³/mol. The van der Waals surface area contributed by atoms with E-state index in [1.807, 2.05) is 20.8 Å². The van der Waals surface area contributed by atoms with Gasteiger partial charge in [-0.3, -0.25) is 0 Å². The van der Waals surface area contributed by atoms with Gasteiger partial charge in [0.05, 0.1) is 6.10 Å². The van der Waals surface area contributed by atoms with Crippen molar-refractivity contribution in [2.24, 2.45) is 0 Å². The van der Waals surface area contributed by atoms with Gasteiger partial charge in [-0.2, -0.15) is 4.98 Å². The summed E-state index contributed by atoms with van der Waals surface area (Å²) in [6.45, 7) is 5.69. The number of ether oxygens (including phenoxy) is 1. The number of nitrogens with two attached hydrogens (primary N) is 1. The number of hydrogen-bond acceptors (Lipinski definition) is 4. The minimum absolute atomic E-state index is 0.0752. The first-order valence-electron chi connectivity index (χ1n) is 3.85. The van der Waals surface area contributed by atoms with Crippen LogP contribution in [0.4, 0.5) is 5.82 Å². The summed E-state index contributed by atoms with van der Waals surface area (Å²) in [6.07, 6.45) is 0.0752. The second-order valence-electron chi connectivity index (χ2n) is 2.88. The van der Waals surface area contributed by atoms with Gasteiger partial charge in [0, 0.05) is 11.8 Å². The van der Waals surface area contributed by atoms with Crippen LogP contribution in [0.15, 0.2) is 6.07 Å². The topological polar surface area (TPSA) is 61.0 Å². The molecule has 66 valence electrons. The standard InChI is InChI=1S/C8H13N3O/c1-5(2)12-8-10-6(3)4-7(9)11-8/h4-5H,1-3H3,(H2,9,10,11). The van der Waals surface area contributed by atoms with Gasteiger partial charge in [-0.05, 0) is 20.8 Å². The summed E-state index contributed by atoms with van der Waals surface area (Å²) >= 11 is 0. The third-order valence-electron chi connectivity index (χ3n) is 1.19. The van der Waals surface area contributed by atoms with E-state index in [0.717, 1.165) is 5.69 Å². The molecule has 4 heteroatoms. The zero-order valence-corrected chi connectivity index (χ0v) is 7.53. The lowest BCUT2D eigenvalue weighted by Gasteiger charge is -2.07. The Bertz CT molecular complexity index is 253. The molecular formula is C8H13N3O. The molecule has 0 amide bonds. The first-order valence-corrected chi connectivity index (χ1v) is 3.85. The lowest BCUT2D eigenvalue weighted by Crippen LogP contribution is -2.09. The van der Waals surface area contributed by atoms with E-state index in [0.29, 0.717) is 11.8 Å². The fourth-order valence-corrected chi connectivity index (χ4v) is 0.828. The lowest BCUT2D eigenvalue weighted by atomic mass is 10.4. The molecule has 0 aromatic carbocycles. The Hall–Kier alpha value is -1.32. The number of aromatic nitrogens is 2. The normalized spacial score (nSPS) is 10.3. The molecule has 2 N–H and O–H groups in total. The van der Waals surface area contributed by atoms with Crippen molar-refractivity contribution < 1.29 is 4.74 Å². The molecular weight excluding hydrogens is 154 g/mol. The largest absolute Gasteiger partial charge is 0.461 e. The monoisotopic (exact) mass is 167 g/mol. The fraction of sp³-hybridized carbons (Fsp3) is 0.500. The molecule has 1 heterocycles. The molecule has 1 aromatic heterocycles. The first-order chi connectivity index (χ1) is 5.58. The van der Waals surface area contributed by atoms with E-state index in [1.54, 1.807) is 6.07 Å². The highest BCUT2D eigenvalue weighted by Crippen LogP contribution is 2.09. The summed E-state index contributed by atoms with van der Waals surface area (Å²) < 4.78 is 5.27. The second-order valence-corrected chi connectivity index (χ2v) is 2.88. The van der Waals surface area contributed by atoms with E-state index in [-0.39, 0.29) is 6.10 Å². The van der Waals surface area contributed by atoms with Crippen molar-refractivity contribution in [2.45, 2.75) is 26.9 Å². The molecule has 0 radical (unpaired) electrons. The highest BCUT2D eigenvalue weighted by Gasteiger charge is 2.02. The molecule has 0 bridgehead atoms. The van der Waals surface area contributed by atoms with Gasteiger partial charge in [0.2, 0.25) is 0 Å². The average molecular weight is 167 g/mol. The number of nitrogen functional groups attached to an aromatic ring is 1. The minimum Gasteiger partial charge on any atom is -0.461 e. The van der Waals surface area contributed by atoms with E-state index >= 15 is 0 Å². The molecule has 0 aliphatic rings. The van der Waals surface area contributed by atoms with Gasteiger partial charge in [0.25, 0.3) is 0 Å². The van der Waals surface area contributed by atoms with Crippen molar-refractivity contribution in [1.29, 1.82) is 0 Å². The number of rotatable bonds is 2. The summed E-state index contributed by atoms with van der Waals surface area (Å²) in [4.78, 5) is 7.98. The Kier molecular flexibility index (Phi) is 2.47. The van der Waals surface area contributed by atoms with Crippen LogP contribution in [-0.2, 0) is 0 Å². The highest BCUT2D eigenvalue weighted by atomic mass is 16.5. The smallest absolute Gasteiger partial charge is 0.318 e. The van der Waals surface area contributed by atoms with E-state index in [4.69, 9.17) is 10.5 Å². The Labute approximate surface area is 71.8 Å². The summed E-state index contributed by atoms with van der Waals surface area (Å²) in [7, 11) is 0. The molecule has 0 fully saturated rings. The van der Waals surface area contributed by atoms with Crippen LogP contribution < -0.4 is 10.5 Å². The molecule has 0 unspecified atom stereocenters. The van der Waals surface area contributed by atoms with Gasteiger partial charge >= 0.3 is 6.01 Å². The first kappa shape index (κ1) is 8.77. The van der Waals surface area contributed by atoms with Crippen LogP contribution in [0.2, 0.25) is 0 Å². The summed E-state index contributed by atoms with van der Waals surface area (Å²) in [6, 6.07) is 2.05. The quantitative estimate of drug-likeness (QED) is 0.717. The van der Waals surface area contributed by atoms with Crippen molar-refractivity contribution in [2.75, 3.05) is 5.73 Å². The molecule has 1 aromatic rings. The third-order valence-corrected chi connectivity index (χ3v) is 1.19. The van der Waals surface area contributed by atoms with Gasteiger partial charge < -0.3 is 10.5 Å². The predicted octanol–water partition coefficient (Wildman–Crippen LogP) is 1.15. The molecule has 12 heavy (non-hydrogen) atoms. The van der Waals surface area contributed by atoms with E-state index in [1.165, 1.54) is 0 Å². The average Bonchev–Trinajstić information content (AvgIpc) is 1.81. The summed E-state index contributed by atoms with van der Waals surface area (Å²) in [5.41, 5.74) is 6.32. The second kappa shape index (κ2) is 3.38.